The summed E-state index contributed by atoms with van der Waals surface area (Å²) in [5, 5.41) is 12.7. The highest BCUT2D eigenvalue weighted by molar-refractivity contribution is 5.76. The van der Waals surface area contributed by atoms with Crippen LogP contribution in [0.1, 0.15) is 52.9 Å². The van der Waals surface area contributed by atoms with E-state index in [4.69, 9.17) is 0 Å². The molecule has 0 rings (SSSR count). The first-order valence-corrected chi connectivity index (χ1v) is 7.53. The number of carboxylic acids is 1. The molecule has 0 saturated heterocycles. The highest BCUT2D eigenvalue weighted by Gasteiger charge is 2.43. The van der Waals surface area contributed by atoms with Gasteiger partial charge in [-0.15, -0.1) is 0 Å². The Morgan fingerprint density at radius 2 is 1.63 bits per heavy atom. The zero-order valence-corrected chi connectivity index (χ0v) is 13.5. The summed E-state index contributed by atoms with van der Waals surface area (Å²) < 4.78 is 0.526. The van der Waals surface area contributed by atoms with Gasteiger partial charge in [-0.25, -0.2) is 4.79 Å². The number of carbonyl (C=O) groups is 1. The Kier molecular flexibility index (Phi) is 8.26. The molecule has 0 aliphatic rings. The van der Waals surface area contributed by atoms with E-state index in [2.05, 4.69) is 12.2 Å². The molecular formula is C15H33N2O2+. The average molecular weight is 273 g/mol. The average Bonchev–Trinajstić information content (AvgIpc) is 2.32. The van der Waals surface area contributed by atoms with Crippen molar-refractivity contribution < 1.29 is 14.4 Å². The van der Waals surface area contributed by atoms with Gasteiger partial charge in [0.1, 0.15) is 0 Å². The highest BCUT2D eigenvalue weighted by Crippen LogP contribution is 2.21. The van der Waals surface area contributed by atoms with E-state index in [1.54, 1.807) is 13.8 Å². The van der Waals surface area contributed by atoms with E-state index < -0.39 is 11.5 Å². The number of rotatable bonds is 11. The number of likely N-dealkylation sites (N-methyl/N-ethyl adjacent to an activating group) is 1. The predicted molar refractivity (Wildman–Crippen MR) is 80.3 cm³/mol. The molecule has 0 fully saturated rings. The van der Waals surface area contributed by atoms with Gasteiger partial charge in [-0.1, -0.05) is 19.8 Å². The van der Waals surface area contributed by atoms with Gasteiger partial charge in [0.25, 0.3) is 0 Å². The molecule has 0 aromatic rings. The van der Waals surface area contributed by atoms with E-state index in [1.807, 2.05) is 14.1 Å². The maximum atomic E-state index is 11.3. The van der Waals surface area contributed by atoms with Crippen molar-refractivity contribution in [3.8, 4) is 0 Å². The molecule has 0 bridgehead atoms. The molecule has 0 radical (unpaired) electrons. The summed E-state index contributed by atoms with van der Waals surface area (Å²) in [7, 11) is 4.01. The van der Waals surface area contributed by atoms with Crippen molar-refractivity contribution in [2.75, 3.05) is 33.7 Å². The van der Waals surface area contributed by atoms with Crippen LogP contribution in [0, 0.1) is 0 Å². The lowest BCUT2D eigenvalue weighted by atomic mass is 10.00. The summed E-state index contributed by atoms with van der Waals surface area (Å²) in [6.07, 6.45) is 5.99. The molecule has 0 aliphatic heterocycles. The Morgan fingerprint density at radius 3 is 2.11 bits per heavy atom. The topological polar surface area (TPSA) is 49.3 Å². The summed E-state index contributed by atoms with van der Waals surface area (Å²) in [6, 6.07) is 0. The third kappa shape index (κ3) is 6.39. The number of hydrogen-bond acceptors (Lipinski definition) is 2. The molecule has 0 aromatic carbocycles. The largest absolute Gasteiger partial charge is 0.477 e. The predicted octanol–water partition coefficient (Wildman–Crippen LogP) is 2.49. The van der Waals surface area contributed by atoms with Crippen molar-refractivity contribution in [1.29, 1.82) is 0 Å². The third-order valence-corrected chi connectivity index (χ3v) is 4.31. The van der Waals surface area contributed by atoms with E-state index in [1.165, 1.54) is 19.3 Å². The molecule has 0 saturated carbocycles. The van der Waals surface area contributed by atoms with Crippen LogP contribution >= 0.6 is 0 Å². The minimum atomic E-state index is -0.728. The minimum Gasteiger partial charge on any atom is -0.477 e. The fourth-order valence-electron chi connectivity index (χ4n) is 1.92. The minimum absolute atomic E-state index is 0.526. The number of carboxylic acid groups (broad SMARTS) is 1. The molecule has 0 heterocycles. The van der Waals surface area contributed by atoms with Gasteiger partial charge in [0, 0.05) is 13.8 Å². The van der Waals surface area contributed by atoms with Crippen molar-refractivity contribution in [2.45, 2.75) is 58.4 Å². The van der Waals surface area contributed by atoms with Crippen LogP contribution < -0.4 is 5.32 Å². The smallest absolute Gasteiger partial charge is 0.365 e. The van der Waals surface area contributed by atoms with Crippen LogP contribution in [0.3, 0.4) is 0 Å². The molecule has 0 aromatic heterocycles. The lowest BCUT2D eigenvalue weighted by Crippen LogP contribution is -2.60. The fourth-order valence-corrected chi connectivity index (χ4v) is 1.92. The van der Waals surface area contributed by atoms with E-state index >= 15 is 0 Å². The van der Waals surface area contributed by atoms with Crippen molar-refractivity contribution in [2.24, 2.45) is 0 Å². The molecule has 19 heavy (non-hydrogen) atoms. The molecule has 0 spiro atoms. The van der Waals surface area contributed by atoms with Gasteiger partial charge in [0.2, 0.25) is 0 Å². The van der Waals surface area contributed by atoms with Crippen LogP contribution in [0.25, 0.3) is 0 Å². The molecule has 114 valence electrons. The molecule has 4 nitrogen and oxygen atoms in total. The van der Waals surface area contributed by atoms with Crippen LogP contribution in [-0.2, 0) is 4.79 Å². The summed E-state index contributed by atoms with van der Waals surface area (Å²) in [4.78, 5) is 11.3. The number of quaternary nitrogens is 1. The van der Waals surface area contributed by atoms with Gasteiger partial charge in [0.15, 0.2) is 5.54 Å². The second kappa shape index (κ2) is 8.54. The Labute approximate surface area is 118 Å². The zero-order chi connectivity index (χ0) is 14.9. The van der Waals surface area contributed by atoms with Gasteiger partial charge < -0.3 is 14.9 Å². The normalized spacial score (nSPS) is 12.7. The summed E-state index contributed by atoms with van der Waals surface area (Å²) in [5.41, 5.74) is -0.728. The molecule has 0 amide bonds. The second-order valence-electron chi connectivity index (χ2n) is 6.44. The quantitative estimate of drug-likeness (QED) is 0.449. The summed E-state index contributed by atoms with van der Waals surface area (Å²) >= 11 is 0. The van der Waals surface area contributed by atoms with Crippen LogP contribution in [-0.4, -0.2) is 54.8 Å². The Bertz CT molecular complexity index is 263. The maximum absolute atomic E-state index is 11.3. The Morgan fingerprint density at radius 1 is 1.11 bits per heavy atom. The fraction of sp³-hybridized carbons (Fsp3) is 0.933. The number of nitrogens with one attached hydrogen (secondary N) is 1. The van der Waals surface area contributed by atoms with Gasteiger partial charge in [-0.3, -0.25) is 0 Å². The van der Waals surface area contributed by atoms with Gasteiger partial charge in [-0.05, 0) is 32.4 Å². The first-order valence-electron chi connectivity index (χ1n) is 7.53. The molecule has 4 heteroatoms. The standard InChI is InChI=1S/C15H32N2O2/c1-6-7-8-11-16-12-9-10-13-17(4,5)15(2,3)14(18)19/h16H,6-13H2,1-5H3/p+1. The van der Waals surface area contributed by atoms with Gasteiger partial charge >= 0.3 is 5.97 Å². The van der Waals surface area contributed by atoms with Crippen molar-refractivity contribution in [1.82, 2.24) is 5.32 Å². The lowest BCUT2D eigenvalue weighted by Gasteiger charge is -2.41. The van der Waals surface area contributed by atoms with Crippen molar-refractivity contribution >= 4 is 5.97 Å². The Hall–Kier alpha value is -0.610. The van der Waals surface area contributed by atoms with E-state index in [9.17, 15) is 9.90 Å². The summed E-state index contributed by atoms with van der Waals surface area (Å²) in [5.74, 6) is -0.727. The van der Waals surface area contributed by atoms with Crippen LogP contribution in [0.4, 0.5) is 0 Å². The molecule has 0 unspecified atom stereocenters. The second-order valence-corrected chi connectivity index (χ2v) is 6.44. The van der Waals surface area contributed by atoms with Gasteiger partial charge in [0.05, 0.1) is 20.6 Å². The third-order valence-electron chi connectivity index (χ3n) is 4.31. The number of hydrogen-bond donors (Lipinski definition) is 2. The molecular weight excluding hydrogens is 240 g/mol. The number of unbranched alkanes of at least 4 members (excludes halogenated alkanes) is 3. The van der Waals surface area contributed by atoms with Crippen LogP contribution in [0.2, 0.25) is 0 Å². The SMILES string of the molecule is CCCCCNCCCC[N+](C)(C)C(C)(C)C(=O)O. The number of aliphatic carboxylic acids is 1. The molecule has 2 N–H and O–H groups in total. The number of nitrogens with zero attached hydrogens (tertiary/aromatic N) is 1. The van der Waals surface area contributed by atoms with Crippen LogP contribution in [0.15, 0.2) is 0 Å². The molecule has 0 atom stereocenters. The first kappa shape index (κ1) is 18.4. The van der Waals surface area contributed by atoms with E-state index in [-0.39, 0.29) is 0 Å². The summed E-state index contributed by atoms with van der Waals surface area (Å²) in [6.45, 7) is 8.86. The lowest BCUT2D eigenvalue weighted by molar-refractivity contribution is -0.928. The van der Waals surface area contributed by atoms with E-state index in [0.29, 0.717) is 4.48 Å². The van der Waals surface area contributed by atoms with Crippen LogP contribution in [0.5, 0.6) is 0 Å². The monoisotopic (exact) mass is 273 g/mol. The highest BCUT2D eigenvalue weighted by atomic mass is 16.4. The zero-order valence-electron chi connectivity index (χ0n) is 13.5. The Balaban J connectivity index is 3.79. The van der Waals surface area contributed by atoms with Gasteiger partial charge in [-0.2, -0.15) is 0 Å². The first-order chi connectivity index (χ1) is 8.75. The van der Waals surface area contributed by atoms with E-state index in [0.717, 1.165) is 32.5 Å². The van der Waals surface area contributed by atoms with Crippen molar-refractivity contribution in [3.05, 3.63) is 0 Å². The molecule has 0 aliphatic carbocycles. The maximum Gasteiger partial charge on any atom is 0.365 e. The van der Waals surface area contributed by atoms with Crippen molar-refractivity contribution in [3.63, 3.8) is 0 Å².